The summed E-state index contributed by atoms with van der Waals surface area (Å²) in [6.45, 7) is 6.81. The van der Waals surface area contributed by atoms with Gasteiger partial charge in [-0.2, -0.15) is 0 Å². The number of rotatable bonds is 6. The van der Waals surface area contributed by atoms with E-state index in [-0.39, 0.29) is 5.82 Å². The highest BCUT2D eigenvalue weighted by Crippen LogP contribution is 2.32. The Kier molecular flexibility index (Phi) is 5.03. The third kappa shape index (κ3) is 3.82. The minimum absolute atomic E-state index is 0.188. The Morgan fingerprint density at radius 3 is 2.82 bits per heavy atom. The fourth-order valence-corrected chi connectivity index (χ4v) is 3.45. The topological polar surface area (TPSA) is 27.3 Å². The number of piperidine rings is 1. The van der Waals surface area contributed by atoms with E-state index in [0.717, 1.165) is 23.4 Å². The van der Waals surface area contributed by atoms with E-state index in [2.05, 4.69) is 38.0 Å². The van der Waals surface area contributed by atoms with Gasteiger partial charge in [0.15, 0.2) is 0 Å². The first kappa shape index (κ1) is 15.8. The van der Waals surface area contributed by atoms with Crippen LogP contribution < -0.4 is 10.6 Å². The molecule has 1 aliphatic heterocycles. The van der Waals surface area contributed by atoms with Gasteiger partial charge in [-0.1, -0.05) is 28.6 Å². The third-order valence-corrected chi connectivity index (χ3v) is 4.91. The molecular formula is C17H23BrFN3. The molecule has 0 amide bonds. The van der Waals surface area contributed by atoms with Crippen LogP contribution in [-0.2, 0) is 6.54 Å². The zero-order valence-corrected chi connectivity index (χ0v) is 14.3. The van der Waals surface area contributed by atoms with Crippen LogP contribution in [0.1, 0.15) is 31.2 Å². The van der Waals surface area contributed by atoms with E-state index >= 15 is 0 Å². The van der Waals surface area contributed by atoms with Crippen molar-refractivity contribution >= 4 is 15.9 Å². The number of hydrogen-bond donors (Lipinski definition) is 2. The Morgan fingerprint density at radius 2 is 2.18 bits per heavy atom. The van der Waals surface area contributed by atoms with Crippen LogP contribution in [0.2, 0.25) is 0 Å². The first-order valence-corrected chi connectivity index (χ1v) is 8.80. The fourth-order valence-electron chi connectivity index (χ4n) is 3.12. The average molecular weight is 368 g/mol. The van der Waals surface area contributed by atoms with Crippen LogP contribution in [-0.4, -0.2) is 30.1 Å². The molecule has 1 saturated carbocycles. The first-order chi connectivity index (χ1) is 10.6. The normalized spacial score (nSPS) is 21.5. The zero-order chi connectivity index (χ0) is 15.5. The zero-order valence-electron chi connectivity index (χ0n) is 12.7. The molecule has 1 atom stereocenters. The summed E-state index contributed by atoms with van der Waals surface area (Å²) < 4.78 is 14.7. The molecule has 0 radical (unpaired) electrons. The fraction of sp³-hybridized carbons (Fsp3) is 0.529. The number of nitrogens with one attached hydrogen (secondary N) is 2. The summed E-state index contributed by atoms with van der Waals surface area (Å²) >= 11 is 3.29. The van der Waals surface area contributed by atoms with Crippen LogP contribution in [0, 0.1) is 5.82 Å². The molecule has 5 heteroatoms. The summed E-state index contributed by atoms with van der Waals surface area (Å²) in [5, 5.41) is 6.79. The predicted molar refractivity (Wildman–Crippen MR) is 90.8 cm³/mol. The van der Waals surface area contributed by atoms with Gasteiger partial charge in [-0.15, -0.1) is 0 Å². The van der Waals surface area contributed by atoms with Gasteiger partial charge >= 0.3 is 0 Å². The Hall–Kier alpha value is -1.07. The molecule has 0 bridgehead atoms. The highest BCUT2D eigenvalue weighted by atomic mass is 79.9. The Labute approximate surface area is 140 Å². The molecule has 0 spiro atoms. The van der Waals surface area contributed by atoms with Crippen LogP contribution in [0.15, 0.2) is 35.1 Å². The highest BCUT2D eigenvalue weighted by Gasteiger charge is 2.35. The van der Waals surface area contributed by atoms with Gasteiger partial charge in [0.2, 0.25) is 0 Å². The van der Waals surface area contributed by atoms with Crippen molar-refractivity contribution in [3.8, 4) is 0 Å². The lowest BCUT2D eigenvalue weighted by atomic mass is 10.1. The Balaban J connectivity index is 1.61. The average Bonchev–Trinajstić information content (AvgIpc) is 3.32. The van der Waals surface area contributed by atoms with Gasteiger partial charge in [0.1, 0.15) is 5.82 Å². The summed E-state index contributed by atoms with van der Waals surface area (Å²) in [6.07, 6.45) is 4.90. The lowest BCUT2D eigenvalue weighted by Crippen LogP contribution is -2.48. The summed E-state index contributed by atoms with van der Waals surface area (Å²) in [5.74, 6) is 0.741. The maximum atomic E-state index is 13.9. The van der Waals surface area contributed by atoms with Gasteiger partial charge in [0, 0.05) is 35.2 Å². The lowest BCUT2D eigenvalue weighted by Gasteiger charge is -2.38. The molecule has 0 unspecified atom stereocenters. The Morgan fingerprint density at radius 1 is 1.36 bits per heavy atom. The molecule has 3 rings (SSSR count). The van der Waals surface area contributed by atoms with Gasteiger partial charge < -0.3 is 15.5 Å². The van der Waals surface area contributed by atoms with Crippen molar-refractivity contribution in [1.29, 1.82) is 0 Å². The highest BCUT2D eigenvalue weighted by molar-refractivity contribution is 9.10. The maximum absolute atomic E-state index is 13.9. The quantitative estimate of drug-likeness (QED) is 0.806. The van der Waals surface area contributed by atoms with Crippen LogP contribution in [0.3, 0.4) is 0 Å². The second-order valence-corrected chi connectivity index (χ2v) is 7.09. The molecule has 1 heterocycles. The van der Waals surface area contributed by atoms with Crippen LogP contribution in [0.25, 0.3) is 0 Å². The van der Waals surface area contributed by atoms with Crippen LogP contribution >= 0.6 is 15.9 Å². The molecule has 1 saturated heterocycles. The second-order valence-electron chi connectivity index (χ2n) is 6.17. The first-order valence-electron chi connectivity index (χ1n) is 8.01. The van der Waals surface area contributed by atoms with Crippen molar-refractivity contribution in [2.24, 2.45) is 0 Å². The van der Waals surface area contributed by atoms with Crippen LogP contribution in [0.4, 0.5) is 4.39 Å². The summed E-state index contributed by atoms with van der Waals surface area (Å²) in [6, 6.07) is 6.30. The second kappa shape index (κ2) is 7.01. The van der Waals surface area contributed by atoms with Crippen molar-refractivity contribution in [3.63, 3.8) is 0 Å². The number of hydrogen-bond acceptors (Lipinski definition) is 3. The molecular weight excluding hydrogens is 345 g/mol. The molecule has 22 heavy (non-hydrogen) atoms. The summed E-state index contributed by atoms with van der Waals surface area (Å²) in [7, 11) is 0. The van der Waals surface area contributed by atoms with Crippen molar-refractivity contribution in [2.45, 2.75) is 44.3 Å². The molecule has 1 aromatic carbocycles. The largest absolute Gasteiger partial charge is 0.368 e. The van der Waals surface area contributed by atoms with E-state index < -0.39 is 0 Å². The molecule has 2 fully saturated rings. The minimum atomic E-state index is -0.188. The minimum Gasteiger partial charge on any atom is -0.368 e. The van der Waals surface area contributed by atoms with E-state index in [0.29, 0.717) is 24.2 Å². The lowest BCUT2D eigenvalue weighted by molar-refractivity contribution is 0.190. The van der Waals surface area contributed by atoms with Gasteiger partial charge in [-0.3, -0.25) is 0 Å². The van der Waals surface area contributed by atoms with E-state index in [9.17, 15) is 4.39 Å². The summed E-state index contributed by atoms with van der Waals surface area (Å²) in [4.78, 5) is 2.42. The number of halogens is 2. The van der Waals surface area contributed by atoms with E-state index in [1.54, 1.807) is 0 Å². The predicted octanol–water partition coefficient (Wildman–Crippen LogP) is 3.37. The van der Waals surface area contributed by atoms with Gasteiger partial charge in [0.25, 0.3) is 0 Å². The molecule has 1 aromatic rings. The van der Waals surface area contributed by atoms with Crippen molar-refractivity contribution < 1.29 is 4.39 Å². The molecule has 1 aliphatic carbocycles. The van der Waals surface area contributed by atoms with Crippen LogP contribution in [0.5, 0.6) is 0 Å². The number of nitrogens with zero attached hydrogens (tertiary/aromatic N) is 1. The molecule has 3 nitrogen and oxygen atoms in total. The molecule has 2 aliphatic rings. The Bertz CT molecular complexity index is 539. The SMILES string of the molecule is C=C(NCc1ccc(Br)cc1F)N(C1CC1)[C@@H]1CCCNC1. The monoisotopic (exact) mass is 367 g/mol. The van der Waals surface area contributed by atoms with Crippen molar-refractivity contribution in [2.75, 3.05) is 13.1 Å². The van der Waals surface area contributed by atoms with Crippen molar-refractivity contribution in [3.05, 3.63) is 46.5 Å². The van der Waals surface area contributed by atoms with Gasteiger partial charge in [-0.25, -0.2) is 4.39 Å². The molecule has 0 aromatic heterocycles. The number of benzene rings is 1. The smallest absolute Gasteiger partial charge is 0.129 e. The van der Waals surface area contributed by atoms with E-state index in [1.807, 2.05) is 12.1 Å². The summed E-state index contributed by atoms with van der Waals surface area (Å²) in [5.41, 5.74) is 0.668. The molecule has 2 N–H and O–H groups in total. The molecule has 120 valence electrons. The maximum Gasteiger partial charge on any atom is 0.129 e. The van der Waals surface area contributed by atoms with Gasteiger partial charge in [0.05, 0.1) is 5.82 Å². The van der Waals surface area contributed by atoms with E-state index in [4.69, 9.17) is 0 Å². The standard InChI is InChI=1S/C17H23BrFN3/c1-12(21-10-13-4-5-14(18)9-17(13)19)22(15-6-7-15)16-3-2-8-20-11-16/h4-5,9,15-16,20-21H,1-3,6-8,10-11H2/t16-/m1/s1. The van der Waals surface area contributed by atoms with E-state index in [1.165, 1.54) is 31.7 Å². The van der Waals surface area contributed by atoms with Crippen molar-refractivity contribution in [1.82, 2.24) is 15.5 Å². The third-order valence-electron chi connectivity index (χ3n) is 4.41. The van der Waals surface area contributed by atoms with Gasteiger partial charge in [-0.05, 0) is 44.4 Å².